The number of allylic oxidation sites excluding steroid dienone is 4. The summed E-state index contributed by atoms with van der Waals surface area (Å²) in [5.74, 6) is 1.63. The Labute approximate surface area is 231 Å². The van der Waals surface area contributed by atoms with E-state index in [-0.39, 0.29) is 7.58 Å². The Morgan fingerprint density at radius 2 is 1.84 bits per heavy atom. The highest BCUT2D eigenvalue weighted by Crippen LogP contribution is 2.38. The second-order valence-corrected chi connectivity index (χ2v) is 9.64. The molecule has 0 bridgehead atoms. The quantitative estimate of drug-likeness (QED) is 0.343. The van der Waals surface area contributed by atoms with Gasteiger partial charge < -0.3 is 36.9 Å². The number of hydrogen-bond donors (Lipinski definition) is 5. The number of aryl methyl sites for hydroxylation is 1. The zero-order chi connectivity index (χ0) is 27.2. The summed E-state index contributed by atoms with van der Waals surface area (Å²) in [5.41, 5.74) is 7.46. The average Bonchev–Trinajstić information content (AvgIpc) is 3.09. The summed E-state index contributed by atoms with van der Waals surface area (Å²) in [6, 6.07) is 5.46. The maximum absolute atomic E-state index is 8.00. The van der Waals surface area contributed by atoms with Gasteiger partial charge in [0.2, 0.25) is 0 Å². The van der Waals surface area contributed by atoms with Crippen LogP contribution in [0.3, 0.4) is 0 Å². The van der Waals surface area contributed by atoms with E-state index in [1.165, 1.54) is 53.8 Å². The Morgan fingerprint density at radius 1 is 1.18 bits per heavy atom. The lowest BCUT2D eigenvalue weighted by molar-refractivity contribution is -0.0980. The van der Waals surface area contributed by atoms with E-state index in [9.17, 15) is 0 Å². The molecule has 0 aromatic heterocycles. The van der Waals surface area contributed by atoms with Crippen molar-refractivity contribution in [2.75, 3.05) is 58.7 Å². The molecule has 0 spiro atoms. The monoisotopic (exact) mass is 528 g/mol. The summed E-state index contributed by atoms with van der Waals surface area (Å²) in [5, 5.41) is 13.3. The van der Waals surface area contributed by atoms with Crippen LogP contribution in [0.15, 0.2) is 60.0 Å². The van der Waals surface area contributed by atoms with Gasteiger partial charge in [-0.15, -0.1) is 6.58 Å². The predicted octanol–water partition coefficient (Wildman–Crippen LogP) is 4.52. The maximum atomic E-state index is 8.00. The Kier molecular flexibility index (Phi) is 15.1. The summed E-state index contributed by atoms with van der Waals surface area (Å²) in [7, 11) is 3.86. The largest absolute Gasteiger partial charge is 0.487 e. The highest BCUT2D eigenvalue weighted by molar-refractivity contribution is 5.64. The number of benzene rings is 1. The molecule has 2 saturated heterocycles. The predicted molar refractivity (Wildman–Crippen MR) is 164 cm³/mol. The van der Waals surface area contributed by atoms with E-state index >= 15 is 0 Å². The smallest absolute Gasteiger partial charge is 0.145 e. The van der Waals surface area contributed by atoms with E-state index in [1.54, 1.807) is 6.08 Å². The van der Waals surface area contributed by atoms with Crippen LogP contribution < -0.4 is 32.2 Å². The van der Waals surface area contributed by atoms with Crippen LogP contribution >= 0.6 is 0 Å². The molecule has 1 aromatic carbocycles. The summed E-state index contributed by atoms with van der Waals surface area (Å²) in [6.07, 6.45) is 10.4. The molecule has 3 heterocycles. The molecule has 3 aliphatic heterocycles. The first-order chi connectivity index (χ1) is 18.0. The number of rotatable bonds is 6. The second-order valence-electron chi connectivity index (χ2n) is 9.64. The standard InChI is InChI=1S/C26H39N5O.C3H6.CH2O.H3N.H2/c1-18-11-21(20-6-9-31(10-7-20)23-15-29-16-23)12-25-26(18)32-17-22(14-30-25)24(5-8-27-3)19(2)13-28-4;1-3-2;1-2;;/h5,8,11-13,20,23,27-30H,6-7,9-10,14-17H2,1-4H3;3H,1H2,2H3;1H2;1H3;1H/b8-5-,19-13+,24-22-;;;;. The molecule has 0 aliphatic carbocycles. The molecular formula is C30H52N6O2. The molecule has 0 radical (unpaired) electrons. The first kappa shape index (κ1) is 33.0. The van der Waals surface area contributed by atoms with E-state index in [0.717, 1.165) is 37.1 Å². The van der Waals surface area contributed by atoms with Crippen LogP contribution in [-0.2, 0) is 4.79 Å². The number of hydrogen-bond acceptors (Lipinski definition) is 8. The van der Waals surface area contributed by atoms with E-state index in [1.807, 2.05) is 40.2 Å². The molecule has 8 nitrogen and oxygen atoms in total. The van der Waals surface area contributed by atoms with Gasteiger partial charge in [-0.1, -0.05) is 12.1 Å². The fraction of sp³-hybridized carbons (Fsp3) is 0.500. The molecule has 214 valence electrons. The van der Waals surface area contributed by atoms with Crippen LogP contribution in [0.25, 0.3) is 0 Å². The second kappa shape index (κ2) is 17.4. The zero-order valence-electron chi connectivity index (χ0n) is 24.2. The number of nitrogens with zero attached hydrogens (tertiary/aromatic N) is 1. The third-order valence-electron chi connectivity index (χ3n) is 7.04. The number of anilines is 1. The van der Waals surface area contributed by atoms with Crippen molar-refractivity contribution in [3.05, 3.63) is 71.1 Å². The maximum Gasteiger partial charge on any atom is 0.145 e. The van der Waals surface area contributed by atoms with Crippen LogP contribution in [0, 0.1) is 6.92 Å². The van der Waals surface area contributed by atoms with Gasteiger partial charge in [-0.2, -0.15) is 0 Å². The van der Waals surface area contributed by atoms with Crippen molar-refractivity contribution in [1.29, 1.82) is 0 Å². The van der Waals surface area contributed by atoms with Gasteiger partial charge in [-0.3, -0.25) is 4.90 Å². The van der Waals surface area contributed by atoms with Gasteiger partial charge in [0.15, 0.2) is 0 Å². The summed E-state index contributed by atoms with van der Waals surface area (Å²) >= 11 is 0. The minimum atomic E-state index is 0. The summed E-state index contributed by atoms with van der Waals surface area (Å²) < 4.78 is 6.36. The van der Waals surface area contributed by atoms with Gasteiger partial charge in [-0.25, -0.2) is 0 Å². The van der Waals surface area contributed by atoms with Gasteiger partial charge in [0.05, 0.1) is 5.69 Å². The van der Waals surface area contributed by atoms with E-state index in [0.29, 0.717) is 12.5 Å². The molecule has 0 atom stereocenters. The Balaban J connectivity index is 0.00000193. The molecule has 38 heavy (non-hydrogen) atoms. The minimum Gasteiger partial charge on any atom is -0.487 e. The van der Waals surface area contributed by atoms with Crippen LogP contribution in [-0.4, -0.2) is 71.2 Å². The van der Waals surface area contributed by atoms with Crippen molar-refractivity contribution in [1.82, 2.24) is 27.0 Å². The number of carbonyl (C=O) groups is 1. The van der Waals surface area contributed by atoms with Gasteiger partial charge in [0.1, 0.15) is 19.1 Å². The number of piperidine rings is 1. The van der Waals surface area contributed by atoms with Crippen LogP contribution in [0.2, 0.25) is 0 Å². The van der Waals surface area contributed by atoms with Gasteiger partial charge in [0, 0.05) is 41.2 Å². The Bertz CT molecular complexity index is 966. The van der Waals surface area contributed by atoms with E-state index in [2.05, 4.69) is 64.8 Å². The van der Waals surface area contributed by atoms with Crippen LogP contribution in [0.4, 0.5) is 5.69 Å². The molecule has 7 N–H and O–H groups in total. The minimum absolute atomic E-state index is 0. The van der Waals surface area contributed by atoms with Crippen molar-refractivity contribution in [2.24, 2.45) is 0 Å². The number of ether oxygens (including phenoxy) is 1. The molecule has 8 heteroatoms. The molecule has 3 aliphatic rings. The average molecular weight is 529 g/mol. The van der Waals surface area contributed by atoms with Crippen molar-refractivity contribution in [2.45, 2.75) is 45.6 Å². The van der Waals surface area contributed by atoms with E-state index < -0.39 is 0 Å². The fourth-order valence-electron chi connectivity index (χ4n) is 5.06. The van der Waals surface area contributed by atoms with Gasteiger partial charge >= 0.3 is 0 Å². The number of likely N-dealkylation sites (tertiary alicyclic amines) is 1. The molecule has 0 amide bonds. The number of fused-ring (bicyclic) bond motifs is 1. The number of carbonyl (C=O) groups excluding carboxylic acids is 1. The molecule has 0 saturated carbocycles. The summed E-state index contributed by atoms with van der Waals surface area (Å²) in [6.45, 7) is 17.7. The van der Waals surface area contributed by atoms with Crippen molar-refractivity contribution >= 4 is 12.5 Å². The first-order valence-electron chi connectivity index (χ1n) is 13.2. The van der Waals surface area contributed by atoms with Gasteiger partial charge in [0.25, 0.3) is 0 Å². The van der Waals surface area contributed by atoms with Gasteiger partial charge in [-0.05, 0) is 105 Å². The SMILES string of the molecule is C=CC.C=O.CN\C=C/C(=C1\CNc2cc(C3CCN(C4CNC4)CC3)cc(C)c2OC1)C(/C)=C/NC.N.[HH]. The third kappa shape index (κ3) is 8.75. The Morgan fingerprint density at radius 3 is 2.39 bits per heavy atom. The highest BCUT2D eigenvalue weighted by Gasteiger charge is 2.29. The number of nitrogens with one attached hydrogen (secondary N) is 4. The van der Waals surface area contributed by atoms with Crippen LogP contribution in [0.5, 0.6) is 5.75 Å². The molecule has 2 fully saturated rings. The lowest BCUT2D eigenvalue weighted by atomic mass is 9.87. The lowest BCUT2D eigenvalue weighted by Gasteiger charge is -2.42. The Hall–Kier alpha value is -3.07. The normalized spacial score (nSPS) is 19.3. The molecule has 4 rings (SSSR count). The zero-order valence-corrected chi connectivity index (χ0v) is 24.2. The highest BCUT2D eigenvalue weighted by atomic mass is 16.5. The fourth-order valence-corrected chi connectivity index (χ4v) is 5.06. The first-order valence-corrected chi connectivity index (χ1v) is 13.2. The summed E-state index contributed by atoms with van der Waals surface area (Å²) in [4.78, 5) is 10.7. The molecule has 1 aromatic rings. The van der Waals surface area contributed by atoms with Crippen molar-refractivity contribution in [3.63, 3.8) is 0 Å². The molecular weight excluding hydrogens is 476 g/mol. The van der Waals surface area contributed by atoms with Crippen LogP contribution in [0.1, 0.15) is 45.2 Å². The van der Waals surface area contributed by atoms with Crippen molar-refractivity contribution < 1.29 is 11.0 Å². The lowest BCUT2D eigenvalue weighted by Crippen LogP contribution is -2.58. The third-order valence-corrected chi connectivity index (χ3v) is 7.04. The van der Waals surface area contributed by atoms with Crippen molar-refractivity contribution in [3.8, 4) is 5.75 Å². The topological polar surface area (TPSA) is 113 Å². The van der Waals surface area contributed by atoms with E-state index in [4.69, 9.17) is 9.53 Å². The molecule has 0 unspecified atom stereocenters.